The molecule has 0 saturated carbocycles. The number of halogens is 1. The van der Waals surface area contributed by atoms with Crippen molar-refractivity contribution in [3.8, 4) is 0 Å². The molecule has 136 valence electrons. The molecule has 0 atom stereocenters. The normalized spacial score (nSPS) is 10.3. The number of nitrogens with one attached hydrogen (secondary N) is 2. The van der Waals surface area contributed by atoms with E-state index in [9.17, 15) is 14.0 Å². The molecule has 3 rings (SSSR count). The zero-order valence-corrected chi connectivity index (χ0v) is 14.4. The van der Waals surface area contributed by atoms with Crippen molar-refractivity contribution >= 4 is 23.2 Å². The molecule has 2 N–H and O–H groups in total. The van der Waals surface area contributed by atoms with Crippen molar-refractivity contribution in [1.29, 1.82) is 0 Å². The molecule has 2 amide bonds. The van der Waals surface area contributed by atoms with Gasteiger partial charge in [-0.15, -0.1) is 0 Å². The summed E-state index contributed by atoms with van der Waals surface area (Å²) in [6, 6.07) is 12.9. The molecular weight excluding hydrogens is 347 g/mol. The van der Waals surface area contributed by atoms with Crippen LogP contribution in [0.25, 0.3) is 0 Å². The molecule has 0 aliphatic rings. The minimum atomic E-state index is -0.605. The van der Waals surface area contributed by atoms with Crippen LogP contribution >= 0.6 is 0 Å². The number of anilines is 2. The Bertz CT molecular complexity index is 966. The lowest BCUT2D eigenvalue weighted by atomic mass is 10.1. The van der Waals surface area contributed by atoms with Crippen LogP contribution in [0.15, 0.2) is 73.6 Å². The van der Waals surface area contributed by atoms with Gasteiger partial charge >= 0.3 is 0 Å². The monoisotopic (exact) mass is 364 g/mol. The zero-order chi connectivity index (χ0) is 19.2. The van der Waals surface area contributed by atoms with Gasteiger partial charge < -0.3 is 10.6 Å². The molecule has 0 aliphatic carbocycles. The van der Waals surface area contributed by atoms with Gasteiger partial charge in [-0.1, -0.05) is 18.7 Å². The standard InChI is InChI=1S/C20H17FN4O2/c1-2-19(26)24-18-12-16(8-9-17(18)21)23-20(27)15-6-4-14(5-7-15)13-25-11-3-10-22-25/h2-12H,1,13H2,(H,23,27)(H,24,26). The summed E-state index contributed by atoms with van der Waals surface area (Å²) in [5.74, 6) is -1.48. The highest BCUT2D eigenvalue weighted by molar-refractivity contribution is 6.05. The van der Waals surface area contributed by atoms with Gasteiger partial charge in [0.05, 0.1) is 12.2 Å². The van der Waals surface area contributed by atoms with E-state index >= 15 is 0 Å². The molecular formula is C20H17FN4O2. The fourth-order valence-corrected chi connectivity index (χ4v) is 2.43. The lowest BCUT2D eigenvalue weighted by Gasteiger charge is -2.09. The maximum atomic E-state index is 13.8. The Kier molecular flexibility index (Phi) is 5.41. The van der Waals surface area contributed by atoms with Crippen LogP contribution in [0.3, 0.4) is 0 Å². The van der Waals surface area contributed by atoms with Crippen LogP contribution < -0.4 is 10.6 Å². The summed E-state index contributed by atoms with van der Waals surface area (Å²) in [6.07, 6.45) is 4.60. The highest BCUT2D eigenvalue weighted by Gasteiger charge is 2.10. The number of hydrogen-bond donors (Lipinski definition) is 2. The Morgan fingerprint density at radius 1 is 1.15 bits per heavy atom. The van der Waals surface area contributed by atoms with E-state index in [2.05, 4.69) is 22.3 Å². The average molecular weight is 364 g/mol. The van der Waals surface area contributed by atoms with Gasteiger partial charge in [-0.25, -0.2) is 4.39 Å². The van der Waals surface area contributed by atoms with E-state index in [4.69, 9.17) is 0 Å². The first-order valence-electron chi connectivity index (χ1n) is 8.16. The third-order valence-corrected chi connectivity index (χ3v) is 3.79. The molecule has 6 nitrogen and oxygen atoms in total. The fraction of sp³-hybridized carbons (Fsp3) is 0.0500. The third-order valence-electron chi connectivity index (χ3n) is 3.79. The second kappa shape index (κ2) is 8.09. The summed E-state index contributed by atoms with van der Waals surface area (Å²) in [5, 5.41) is 9.17. The van der Waals surface area contributed by atoms with Crippen molar-refractivity contribution < 1.29 is 14.0 Å². The molecule has 0 radical (unpaired) electrons. The van der Waals surface area contributed by atoms with E-state index in [1.165, 1.54) is 18.2 Å². The summed E-state index contributed by atoms with van der Waals surface area (Å²) < 4.78 is 15.5. The predicted molar refractivity (Wildman–Crippen MR) is 101 cm³/mol. The Labute approximate surface area is 155 Å². The van der Waals surface area contributed by atoms with Crippen molar-refractivity contribution in [2.45, 2.75) is 6.54 Å². The minimum absolute atomic E-state index is 0.0349. The fourth-order valence-electron chi connectivity index (χ4n) is 2.43. The topological polar surface area (TPSA) is 76.0 Å². The van der Waals surface area contributed by atoms with Crippen LogP contribution in [0.2, 0.25) is 0 Å². The highest BCUT2D eigenvalue weighted by atomic mass is 19.1. The Balaban J connectivity index is 1.68. The average Bonchev–Trinajstić information content (AvgIpc) is 3.18. The van der Waals surface area contributed by atoms with E-state index in [0.717, 1.165) is 11.6 Å². The van der Waals surface area contributed by atoms with E-state index in [-0.39, 0.29) is 11.6 Å². The van der Waals surface area contributed by atoms with Crippen molar-refractivity contribution in [3.05, 3.63) is 90.5 Å². The molecule has 7 heteroatoms. The Morgan fingerprint density at radius 3 is 2.59 bits per heavy atom. The van der Waals surface area contributed by atoms with Gasteiger partial charge in [0.2, 0.25) is 5.91 Å². The molecule has 1 heterocycles. The molecule has 0 saturated heterocycles. The minimum Gasteiger partial charge on any atom is -0.322 e. The second-order valence-electron chi connectivity index (χ2n) is 5.74. The van der Waals surface area contributed by atoms with Crippen LogP contribution in [0.5, 0.6) is 0 Å². The number of carbonyl (C=O) groups excluding carboxylic acids is 2. The number of nitrogens with zero attached hydrogens (tertiary/aromatic N) is 2. The predicted octanol–water partition coefficient (Wildman–Crippen LogP) is 3.45. The number of amides is 2. The largest absolute Gasteiger partial charge is 0.322 e. The van der Waals surface area contributed by atoms with Gasteiger partial charge in [-0.05, 0) is 48.0 Å². The molecule has 0 aliphatic heterocycles. The zero-order valence-electron chi connectivity index (χ0n) is 14.4. The third kappa shape index (κ3) is 4.66. The molecule has 0 fully saturated rings. The molecule has 0 unspecified atom stereocenters. The van der Waals surface area contributed by atoms with Gasteiger partial charge in [0.1, 0.15) is 5.82 Å². The number of hydrogen-bond acceptors (Lipinski definition) is 3. The van der Waals surface area contributed by atoms with Crippen molar-refractivity contribution in [1.82, 2.24) is 9.78 Å². The summed E-state index contributed by atoms with van der Waals surface area (Å²) in [5.41, 5.74) is 1.79. The quantitative estimate of drug-likeness (QED) is 0.658. The summed E-state index contributed by atoms with van der Waals surface area (Å²) >= 11 is 0. The van der Waals surface area contributed by atoms with E-state index < -0.39 is 11.7 Å². The summed E-state index contributed by atoms with van der Waals surface area (Å²) in [6.45, 7) is 3.93. The van der Waals surface area contributed by atoms with Gasteiger partial charge in [-0.3, -0.25) is 14.3 Å². The SMILES string of the molecule is C=CC(=O)Nc1cc(NC(=O)c2ccc(Cn3cccn3)cc2)ccc1F. The first-order chi connectivity index (χ1) is 13.0. The van der Waals surface area contributed by atoms with Crippen LogP contribution in [0, 0.1) is 5.82 Å². The van der Waals surface area contributed by atoms with Crippen molar-refractivity contribution in [2.24, 2.45) is 0 Å². The van der Waals surface area contributed by atoms with Crippen LogP contribution in [0.4, 0.5) is 15.8 Å². The van der Waals surface area contributed by atoms with Crippen molar-refractivity contribution in [3.63, 3.8) is 0 Å². The molecule has 27 heavy (non-hydrogen) atoms. The van der Waals surface area contributed by atoms with E-state index in [1.807, 2.05) is 24.4 Å². The maximum Gasteiger partial charge on any atom is 0.255 e. The van der Waals surface area contributed by atoms with Crippen LogP contribution in [0.1, 0.15) is 15.9 Å². The first kappa shape index (κ1) is 18.1. The molecule has 0 spiro atoms. The highest BCUT2D eigenvalue weighted by Crippen LogP contribution is 2.20. The number of aromatic nitrogens is 2. The molecule has 3 aromatic rings. The van der Waals surface area contributed by atoms with Gasteiger partial charge in [0.25, 0.3) is 5.91 Å². The number of benzene rings is 2. The molecule has 2 aromatic carbocycles. The van der Waals surface area contributed by atoms with Gasteiger partial charge in [-0.2, -0.15) is 5.10 Å². The summed E-state index contributed by atoms with van der Waals surface area (Å²) in [4.78, 5) is 23.7. The Hall–Kier alpha value is -3.74. The van der Waals surface area contributed by atoms with Crippen LogP contribution in [-0.2, 0) is 11.3 Å². The first-order valence-corrected chi connectivity index (χ1v) is 8.16. The van der Waals surface area contributed by atoms with E-state index in [0.29, 0.717) is 17.8 Å². The molecule has 0 bridgehead atoms. The lowest BCUT2D eigenvalue weighted by molar-refractivity contribution is -0.111. The molecule has 1 aromatic heterocycles. The van der Waals surface area contributed by atoms with Gasteiger partial charge in [0.15, 0.2) is 0 Å². The van der Waals surface area contributed by atoms with Crippen molar-refractivity contribution in [2.75, 3.05) is 10.6 Å². The number of rotatable bonds is 6. The Morgan fingerprint density at radius 2 is 1.93 bits per heavy atom. The van der Waals surface area contributed by atoms with Crippen LogP contribution in [-0.4, -0.2) is 21.6 Å². The summed E-state index contributed by atoms with van der Waals surface area (Å²) in [7, 11) is 0. The number of carbonyl (C=O) groups is 2. The lowest BCUT2D eigenvalue weighted by Crippen LogP contribution is -2.13. The van der Waals surface area contributed by atoms with Gasteiger partial charge in [0, 0.05) is 23.6 Å². The smallest absolute Gasteiger partial charge is 0.255 e. The van der Waals surface area contributed by atoms with E-state index in [1.54, 1.807) is 23.0 Å². The maximum absolute atomic E-state index is 13.8. The second-order valence-corrected chi connectivity index (χ2v) is 5.74.